The summed E-state index contributed by atoms with van der Waals surface area (Å²) in [7, 11) is 0. The van der Waals surface area contributed by atoms with E-state index in [9.17, 15) is 9.59 Å². The summed E-state index contributed by atoms with van der Waals surface area (Å²) >= 11 is 0. The van der Waals surface area contributed by atoms with Gasteiger partial charge < -0.3 is 14.7 Å². The zero-order valence-electron chi connectivity index (χ0n) is 16.4. The normalized spacial score (nSPS) is 14.8. The predicted molar refractivity (Wildman–Crippen MR) is 109 cm³/mol. The minimum absolute atomic E-state index is 0.00726. The number of likely N-dealkylation sites (tertiary alicyclic amines) is 1. The molecule has 1 aliphatic rings. The SMILES string of the molecule is CC(C)(C)c1ccccc1OC1CN(C(=O)c2ccc(C=CC(=O)O)cc2)C1. The fourth-order valence-electron chi connectivity index (χ4n) is 3.13. The van der Waals surface area contributed by atoms with E-state index in [1.165, 1.54) is 6.08 Å². The molecule has 2 aromatic carbocycles. The lowest BCUT2D eigenvalue weighted by molar-refractivity contribution is -0.131. The maximum Gasteiger partial charge on any atom is 0.328 e. The number of hydrogen-bond acceptors (Lipinski definition) is 3. The van der Waals surface area contributed by atoms with Crippen molar-refractivity contribution in [1.29, 1.82) is 0 Å². The van der Waals surface area contributed by atoms with E-state index in [0.29, 0.717) is 18.7 Å². The molecular weight excluding hydrogens is 354 g/mol. The first kappa shape index (κ1) is 19.7. The summed E-state index contributed by atoms with van der Waals surface area (Å²) in [5.41, 5.74) is 2.47. The molecule has 0 radical (unpaired) electrons. The fraction of sp³-hybridized carbons (Fsp3) is 0.304. The van der Waals surface area contributed by atoms with Gasteiger partial charge in [-0.2, -0.15) is 0 Å². The maximum absolute atomic E-state index is 12.6. The van der Waals surface area contributed by atoms with Gasteiger partial charge >= 0.3 is 5.97 Å². The zero-order valence-corrected chi connectivity index (χ0v) is 16.4. The molecule has 0 spiro atoms. The van der Waals surface area contributed by atoms with E-state index in [0.717, 1.165) is 23.0 Å². The average molecular weight is 379 g/mol. The number of rotatable bonds is 5. The number of nitrogens with zero attached hydrogens (tertiary/aromatic N) is 1. The number of ether oxygens (including phenoxy) is 1. The van der Waals surface area contributed by atoms with Gasteiger partial charge in [-0.05, 0) is 40.8 Å². The van der Waals surface area contributed by atoms with Crippen molar-refractivity contribution in [3.8, 4) is 5.75 Å². The maximum atomic E-state index is 12.6. The highest BCUT2D eigenvalue weighted by Crippen LogP contribution is 2.32. The fourth-order valence-corrected chi connectivity index (χ4v) is 3.13. The molecular formula is C23H25NO4. The molecule has 0 aromatic heterocycles. The molecule has 1 heterocycles. The predicted octanol–water partition coefficient (Wildman–Crippen LogP) is 3.99. The number of hydrogen-bond donors (Lipinski definition) is 1. The first-order chi connectivity index (χ1) is 13.2. The smallest absolute Gasteiger partial charge is 0.328 e. The molecule has 1 saturated heterocycles. The Kier molecular flexibility index (Phi) is 5.54. The van der Waals surface area contributed by atoms with Crippen molar-refractivity contribution < 1.29 is 19.4 Å². The van der Waals surface area contributed by atoms with Crippen LogP contribution in [0.5, 0.6) is 5.75 Å². The molecule has 3 rings (SSSR count). The lowest BCUT2D eigenvalue weighted by atomic mass is 9.86. The second-order valence-electron chi connectivity index (χ2n) is 7.99. The Labute approximate surface area is 165 Å². The second kappa shape index (κ2) is 7.89. The average Bonchev–Trinajstić information content (AvgIpc) is 2.62. The summed E-state index contributed by atoms with van der Waals surface area (Å²) < 4.78 is 6.14. The number of amides is 1. The molecule has 28 heavy (non-hydrogen) atoms. The highest BCUT2D eigenvalue weighted by Gasteiger charge is 2.33. The van der Waals surface area contributed by atoms with Gasteiger partial charge in [0.2, 0.25) is 0 Å². The van der Waals surface area contributed by atoms with Crippen LogP contribution in [0.2, 0.25) is 0 Å². The van der Waals surface area contributed by atoms with Crippen molar-refractivity contribution in [2.75, 3.05) is 13.1 Å². The van der Waals surface area contributed by atoms with Crippen LogP contribution in [0.4, 0.5) is 0 Å². The van der Waals surface area contributed by atoms with E-state index in [2.05, 4.69) is 26.8 Å². The van der Waals surface area contributed by atoms with Gasteiger partial charge in [0.1, 0.15) is 11.9 Å². The Morgan fingerprint density at radius 3 is 2.32 bits per heavy atom. The summed E-state index contributed by atoms with van der Waals surface area (Å²) in [5.74, 6) is -0.167. The van der Waals surface area contributed by atoms with Gasteiger partial charge in [0.25, 0.3) is 5.91 Å². The van der Waals surface area contributed by atoms with Gasteiger partial charge in [-0.15, -0.1) is 0 Å². The van der Waals surface area contributed by atoms with Gasteiger partial charge in [0.15, 0.2) is 0 Å². The van der Waals surface area contributed by atoms with E-state index in [4.69, 9.17) is 9.84 Å². The number of para-hydroxylation sites is 1. The van der Waals surface area contributed by atoms with Crippen LogP contribution in [-0.4, -0.2) is 41.1 Å². The van der Waals surface area contributed by atoms with E-state index in [1.54, 1.807) is 29.2 Å². The molecule has 0 bridgehead atoms. The third kappa shape index (κ3) is 4.60. The van der Waals surface area contributed by atoms with Crippen LogP contribution in [0.3, 0.4) is 0 Å². The molecule has 1 N–H and O–H groups in total. The third-order valence-electron chi connectivity index (χ3n) is 4.70. The third-order valence-corrected chi connectivity index (χ3v) is 4.70. The Morgan fingerprint density at radius 1 is 1.07 bits per heavy atom. The molecule has 1 amide bonds. The van der Waals surface area contributed by atoms with Crippen molar-refractivity contribution in [3.63, 3.8) is 0 Å². The van der Waals surface area contributed by atoms with Gasteiger partial charge in [0.05, 0.1) is 13.1 Å². The van der Waals surface area contributed by atoms with Gasteiger partial charge in [-0.1, -0.05) is 51.1 Å². The largest absolute Gasteiger partial charge is 0.486 e. The summed E-state index contributed by atoms with van der Waals surface area (Å²) in [6, 6.07) is 14.9. The highest BCUT2D eigenvalue weighted by atomic mass is 16.5. The first-order valence-corrected chi connectivity index (χ1v) is 9.30. The highest BCUT2D eigenvalue weighted by molar-refractivity contribution is 5.95. The van der Waals surface area contributed by atoms with Crippen molar-refractivity contribution in [1.82, 2.24) is 4.90 Å². The molecule has 0 atom stereocenters. The van der Waals surface area contributed by atoms with Gasteiger partial charge in [-0.25, -0.2) is 4.79 Å². The van der Waals surface area contributed by atoms with Crippen LogP contribution in [0.1, 0.15) is 42.3 Å². The lowest BCUT2D eigenvalue weighted by Gasteiger charge is -2.39. The van der Waals surface area contributed by atoms with Crippen LogP contribution < -0.4 is 4.74 Å². The van der Waals surface area contributed by atoms with Crippen LogP contribution in [-0.2, 0) is 10.2 Å². The van der Waals surface area contributed by atoms with Crippen LogP contribution in [0.15, 0.2) is 54.6 Å². The van der Waals surface area contributed by atoms with Crippen molar-refractivity contribution in [2.24, 2.45) is 0 Å². The van der Waals surface area contributed by atoms with Gasteiger partial charge in [-0.3, -0.25) is 4.79 Å². The molecule has 0 aliphatic carbocycles. The standard InChI is InChI=1S/C23H25NO4/c1-23(2,3)19-6-4-5-7-20(19)28-18-14-24(15-18)22(27)17-11-8-16(9-12-17)10-13-21(25)26/h4-13,18H,14-15H2,1-3H3,(H,25,26). The monoisotopic (exact) mass is 379 g/mol. The minimum atomic E-state index is -1.00. The molecule has 1 fully saturated rings. The number of carbonyl (C=O) groups excluding carboxylic acids is 1. The number of carboxylic acids is 1. The van der Waals surface area contributed by atoms with Crippen LogP contribution >= 0.6 is 0 Å². The van der Waals surface area contributed by atoms with E-state index >= 15 is 0 Å². The minimum Gasteiger partial charge on any atom is -0.486 e. The van der Waals surface area contributed by atoms with E-state index in [1.807, 2.05) is 18.2 Å². The quantitative estimate of drug-likeness (QED) is 0.798. The van der Waals surface area contributed by atoms with Crippen LogP contribution in [0, 0.1) is 0 Å². The number of benzene rings is 2. The van der Waals surface area contributed by atoms with E-state index in [-0.39, 0.29) is 17.4 Å². The summed E-state index contributed by atoms with van der Waals surface area (Å²) in [4.78, 5) is 24.9. The zero-order chi connectivity index (χ0) is 20.3. The lowest BCUT2D eigenvalue weighted by Crippen LogP contribution is -2.56. The van der Waals surface area contributed by atoms with Crippen LogP contribution in [0.25, 0.3) is 6.08 Å². The molecule has 0 saturated carbocycles. The molecule has 2 aromatic rings. The Morgan fingerprint density at radius 2 is 1.71 bits per heavy atom. The Hall–Kier alpha value is -3.08. The molecule has 1 aliphatic heterocycles. The number of aliphatic carboxylic acids is 1. The molecule has 5 heteroatoms. The molecule has 146 valence electrons. The number of carboxylic acid groups (broad SMARTS) is 1. The Balaban J connectivity index is 1.58. The summed E-state index contributed by atoms with van der Waals surface area (Å²) in [6.07, 6.45) is 2.56. The molecule has 0 unspecified atom stereocenters. The van der Waals surface area contributed by atoms with Gasteiger partial charge in [0, 0.05) is 11.6 Å². The first-order valence-electron chi connectivity index (χ1n) is 9.30. The van der Waals surface area contributed by atoms with Crippen molar-refractivity contribution >= 4 is 18.0 Å². The van der Waals surface area contributed by atoms with Crippen molar-refractivity contribution in [2.45, 2.75) is 32.3 Å². The topological polar surface area (TPSA) is 66.8 Å². The molecule has 5 nitrogen and oxygen atoms in total. The van der Waals surface area contributed by atoms with E-state index < -0.39 is 5.97 Å². The summed E-state index contributed by atoms with van der Waals surface area (Å²) in [5, 5.41) is 8.66. The second-order valence-corrected chi connectivity index (χ2v) is 7.99. The summed E-state index contributed by atoms with van der Waals surface area (Å²) in [6.45, 7) is 7.57. The number of carbonyl (C=O) groups is 2. The van der Waals surface area contributed by atoms with Crippen molar-refractivity contribution in [3.05, 3.63) is 71.3 Å². The Bertz CT molecular complexity index is 888.